The lowest BCUT2D eigenvalue weighted by Crippen LogP contribution is -2.13. The van der Waals surface area contributed by atoms with Gasteiger partial charge in [0.2, 0.25) is 0 Å². The fraction of sp³-hybridized carbons (Fsp3) is 0.143. The van der Waals surface area contributed by atoms with E-state index in [2.05, 4.69) is 25.1 Å². The molecular formula is C14H12FN7O2S. The number of imidazole rings is 1. The Kier molecular flexibility index (Phi) is 3.57. The van der Waals surface area contributed by atoms with Gasteiger partial charge in [-0.05, 0) is 6.07 Å². The number of aryl methyl sites for hydroxylation is 1. The summed E-state index contributed by atoms with van der Waals surface area (Å²) in [5.74, 6) is 0. The molecule has 11 heteroatoms. The second-order valence-corrected chi connectivity index (χ2v) is 6.97. The fourth-order valence-corrected chi connectivity index (χ4v) is 3.63. The summed E-state index contributed by atoms with van der Waals surface area (Å²) in [6.45, 7) is -0.568. The summed E-state index contributed by atoms with van der Waals surface area (Å²) in [5, 5.41) is 6.33. The smallest absolute Gasteiger partial charge is 0.288 e. The predicted octanol–water partition coefficient (Wildman–Crippen LogP) is 1.22. The number of aromatic nitrogens is 7. The van der Waals surface area contributed by atoms with Crippen molar-refractivity contribution in [1.29, 1.82) is 0 Å². The highest BCUT2D eigenvalue weighted by molar-refractivity contribution is 7.90. The van der Waals surface area contributed by atoms with Gasteiger partial charge in [0.25, 0.3) is 10.0 Å². The van der Waals surface area contributed by atoms with E-state index in [-0.39, 0.29) is 17.2 Å². The number of nitrogens with one attached hydrogen (secondary N) is 1. The van der Waals surface area contributed by atoms with Crippen LogP contribution in [0, 0.1) is 0 Å². The Hall–Kier alpha value is -3.08. The van der Waals surface area contributed by atoms with Gasteiger partial charge in [0.05, 0.1) is 31.0 Å². The third-order valence-corrected chi connectivity index (χ3v) is 5.18. The summed E-state index contributed by atoms with van der Waals surface area (Å²) in [4.78, 5) is 12.5. The van der Waals surface area contributed by atoms with E-state index in [1.165, 1.54) is 23.3 Å². The standard InChI is InChI=1S/C14H12FN7O2S/c15-2-4-21-8-13(17-9-21)25(23,24)22-3-1-11-14(22)20-12(7-16-11)10-5-18-19-6-10/h1,3,5-9H,2,4H2,(H,18,19). The molecule has 0 spiro atoms. The van der Waals surface area contributed by atoms with Crippen LogP contribution in [0.4, 0.5) is 4.39 Å². The maximum absolute atomic E-state index is 12.8. The number of alkyl halides is 1. The van der Waals surface area contributed by atoms with Gasteiger partial charge in [0.1, 0.15) is 12.2 Å². The van der Waals surface area contributed by atoms with E-state index in [0.717, 1.165) is 3.97 Å². The summed E-state index contributed by atoms with van der Waals surface area (Å²) < 4.78 is 40.5. The van der Waals surface area contributed by atoms with E-state index >= 15 is 0 Å². The molecule has 0 aliphatic carbocycles. The molecule has 4 rings (SSSR count). The first-order valence-corrected chi connectivity index (χ1v) is 8.70. The van der Waals surface area contributed by atoms with Crippen molar-refractivity contribution in [1.82, 2.24) is 33.7 Å². The number of aromatic amines is 1. The van der Waals surface area contributed by atoms with Gasteiger partial charge in [0.15, 0.2) is 10.7 Å². The molecule has 0 fully saturated rings. The Balaban J connectivity index is 1.83. The van der Waals surface area contributed by atoms with Crippen LogP contribution in [-0.2, 0) is 16.6 Å². The van der Waals surface area contributed by atoms with Crippen molar-refractivity contribution in [2.45, 2.75) is 11.6 Å². The van der Waals surface area contributed by atoms with Crippen molar-refractivity contribution in [3.63, 3.8) is 0 Å². The van der Waals surface area contributed by atoms with Crippen molar-refractivity contribution in [2.75, 3.05) is 6.67 Å². The van der Waals surface area contributed by atoms with Crippen molar-refractivity contribution in [2.24, 2.45) is 0 Å². The number of hydrogen-bond donors (Lipinski definition) is 1. The molecule has 0 atom stereocenters. The molecule has 0 unspecified atom stereocenters. The minimum atomic E-state index is -3.97. The molecule has 4 aromatic heterocycles. The highest BCUT2D eigenvalue weighted by atomic mass is 32.2. The SMILES string of the molecule is O=S(=O)(c1cn(CCF)cn1)n1ccc2ncc(-c3cn[nH]c3)nc21. The van der Waals surface area contributed by atoms with Gasteiger partial charge >= 0.3 is 0 Å². The predicted molar refractivity (Wildman–Crippen MR) is 85.9 cm³/mol. The van der Waals surface area contributed by atoms with E-state index < -0.39 is 16.7 Å². The average Bonchev–Trinajstić information content (AvgIpc) is 3.34. The van der Waals surface area contributed by atoms with Gasteiger partial charge < -0.3 is 4.57 Å². The van der Waals surface area contributed by atoms with Crippen LogP contribution in [0.25, 0.3) is 22.4 Å². The molecule has 9 nitrogen and oxygen atoms in total. The Morgan fingerprint density at radius 2 is 2.12 bits per heavy atom. The molecular weight excluding hydrogens is 349 g/mol. The lowest BCUT2D eigenvalue weighted by molar-refractivity contribution is 0.445. The zero-order valence-corrected chi connectivity index (χ0v) is 13.6. The van der Waals surface area contributed by atoms with E-state index in [4.69, 9.17) is 0 Å². The lowest BCUT2D eigenvalue weighted by atomic mass is 10.3. The van der Waals surface area contributed by atoms with Crippen LogP contribution in [0.3, 0.4) is 0 Å². The van der Waals surface area contributed by atoms with Crippen molar-refractivity contribution in [3.05, 3.63) is 43.4 Å². The van der Waals surface area contributed by atoms with Crippen LogP contribution < -0.4 is 0 Å². The Morgan fingerprint density at radius 1 is 1.24 bits per heavy atom. The fourth-order valence-electron chi connectivity index (χ4n) is 2.39. The Labute approximate surface area is 141 Å². The largest absolute Gasteiger partial charge is 0.333 e. The van der Waals surface area contributed by atoms with Gasteiger partial charge in [-0.3, -0.25) is 10.1 Å². The lowest BCUT2D eigenvalue weighted by Gasteiger charge is -2.05. The van der Waals surface area contributed by atoms with Gasteiger partial charge in [-0.2, -0.15) is 13.5 Å². The van der Waals surface area contributed by atoms with Crippen LogP contribution in [0.2, 0.25) is 0 Å². The first kappa shape index (κ1) is 15.4. The number of hydrogen-bond acceptors (Lipinski definition) is 6. The quantitative estimate of drug-likeness (QED) is 0.572. The number of fused-ring (bicyclic) bond motifs is 1. The zero-order valence-electron chi connectivity index (χ0n) is 12.7. The van der Waals surface area contributed by atoms with Crippen LogP contribution in [-0.4, -0.2) is 48.8 Å². The summed E-state index contributed by atoms with van der Waals surface area (Å²) >= 11 is 0. The minimum Gasteiger partial charge on any atom is -0.333 e. The van der Waals surface area contributed by atoms with E-state index in [9.17, 15) is 12.8 Å². The van der Waals surface area contributed by atoms with Crippen LogP contribution in [0.5, 0.6) is 0 Å². The third kappa shape index (κ3) is 2.58. The topological polar surface area (TPSA) is 111 Å². The summed E-state index contributed by atoms with van der Waals surface area (Å²) in [6.07, 6.45) is 8.68. The Bertz CT molecular complexity index is 1130. The van der Waals surface area contributed by atoms with Gasteiger partial charge in [-0.15, -0.1) is 0 Å². The molecule has 0 bridgehead atoms. The number of rotatable bonds is 5. The van der Waals surface area contributed by atoms with Gasteiger partial charge in [-0.1, -0.05) is 0 Å². The number of halogens is 1. The summed E-state index contributed by atoms with van der Waals surface area (Å²) in [5.41, 5.74) is 1.78. The maximum Gasteiger partial charge on any atom is 0.288 e. The van der Waals surface area contributed by atoms with Gasteiger partial charge in [0, 0.05) is 24.2 Å². The summed E-state index contributed by atoms with van der Waals surface area (Å²) in [6, 6.07) is 1.55. The number of H-pyrrole nitrogens is 1. The molecule has 0 saturated heterocycles. The molecule has 128 valence electrons. The van der Waals surface area contributed by atoms with Crippen LogP contribution >= 0.6 is 0 Å². The van der Waals surface area contributed by atoms with Crippen molar-refractivity contribution < 1.29 is 12.8 Å². The van der Waals surface area contributed by atoms with Gasteiger partial charge in [-0.25, -0.2) is 18.3 Å². The van der Waals surface area contributed by atoms with E-state index in [1.54, 1.807) is 24.7 Å². The summed E-state index contributed by atoms with van der Waals surface area (Å²) in [7, 11) is -3.97. The van der Waals surface area contributed by atoms with Crippen molar-refractivity contribution in [3.8, 4) is 11.3 Å². The second-order valence-electron chi connectivity index (χ2n) is 5.21. The number of nitrogens with zero attached hydrogens (tertiary/aromatic N) is 6. The van der Waals surface area contributed by atoms with E-state index in [1.807, 2.05) is 0 Å². The minimum absolute atomic E-state index is 0.0411. The molecule has 25 heavy (non-hydrogen) atoms. The molecule has 0 aliphatic heterocycles. The first-order chi connectivity index (χ1) is 12.1. The molecule has 0 amide bonds. The molecule has 0 radical (unpaired) electrons. The molecule has 4 heterocycles. The molecule has 1 N–H and O–H groups in total. The highest BCUT2D eigenvalue weighted by Gasteiger charge is 2.23. The maximum atomic E-state index is 12.8. The molecule has 0 saturated carbocycles. The monoisotopic (exact) mass is 361 g/mol. The second kappa shape index (κ2) is 5.77. The first-order valence-electron chi connectivity index (χ1n) is 7.26. The molecule has 4 aromatic rings. The highest BCUT2D eigenvalue weighted by Crippen LogP contribution is 2.22. The third-order valence-electron chi connectivity index (χ3n) is 3.63. The van der Waals surface area contributed by atoms with Crippen molar-refractivity contribution >= 4 is 21.2 Å². The van der Waals surface area contributed by atoms with Crippen LogP contribution in [0.15, 0.2) is 48.4 Å². The molecule has 0 aliphatic rings. The zero-order chi connectivity index (χ0) is 17.4. The Morgan fingerprint density at radius 3 is 2.88 bits per heavy atom. The average molecular weight is 361 g/mol. The van der Waals surface area contributed by atoms with E-state index in [0.29, 0.717) is 16.8 Å². The molecule has 0 aromatic carbocycles. The van der Waals surface area contributed by atoms with Crippen LogP contribution in [0.1, 0.15) is 0 Å². The normalized spacial score (nSPS) is 12.0.